The lowest BCUT2D eigenvalue weighted by Gasteiger charge is -2.26. The Morgan fingerprint density at radius 1 is 1.05 bits per heavy atom. The summed E-state index contributed by atoms with van der Waals surface area (Å²) in [5.41, 5.74) is 3.01. The van der Waals surface area contributed by atoms with E-state index in [0.717, 1.165) is 39.1 Å². The van der Waals surface area contributed by atoms with Crippen LogP contribution in [0.2, 0.25) is 0 Å². The number of aryl methyl sites for hydroxylation is 1. The van der Waals surface area contributed by atoms with Crippen molar-refractivity contribution in [3.8, 4) is 0 Å². The Bertz CT molecular complexity index is 401. The van der Waals surface area contributed by atoms with E-state index in [1.54, 1.807) is 0 Å². The molecule has 1 fully saturated rings. The highest BCUT2D eigenvalue weighted by molar-refractivity contribution is 5.27. The van der Waals surface area contributed by atoms with Crippen LogP contribution in [0.15, 0.2) is 24.3 Å². The lowest BCUT2D eigenvalue weighted by molar-refractivity contribution is -0.182. The molecule has 1 aromatic carbocycles. The molecule has 3 rings (SSSR count). The predicted octanol–water partition coefficient (Wildman–Crippen LogP) is 2.59. The highest BCUT2D eigenvalue weighted by Crippen LogP contribution is 2.19. The Balaban J connectivity index is 1.54. The monoisotopic (exact) mass is 261 g/mol. The van der Waals surface area contributed by atoms with Gasteiger partial charge in [-0.25, -0.2) is 0 Å². The van der Waals surface area contributed by atoms with E-state index in [4.69, 9.17) is 9.47 Å². The summed E-state index contributed by atoms with van der Waals surface area (Å²) >= 11 is 0. The van der Waals surface area contributed by atoms with Gasteiger partial charge < -0.3 is 9.47 Å². The van der Waals surface area contributed by atoms with Gasteiger partial charge in [-0.2, -0.15) is 0 Å². The Labute approximate surface area is 115 Å². The summed E-state index contributed by atoms with van der Waals surface area (Å²) in [4.78, 5) is 2.53. The Morgan fingerprint density at radius 3 is 2.68 bits per heavy atom. The van der Waals surface area contributed by atoms with E-state index >= 15 is 0 Å². The zero-order chi connectivity index (χ0) is 12.9. The molecule has 0 amide bonds. The van der Waals surface area contributed by atoms with Crippen LogP contribution in [0.25, 0.3) is 0 Å². The van der Waals surface area contributed by atoms with E-state index in [9.17, 15) is 0 Å². The highest BCUT2D eigenvalue weighted by atomic mass is 16.7. The molecule has 0 N–H and O–H groups in total. The molecule has 0 unspecified atom stereocenters. The van der Waals surface area contributed by atoms with Crippen molar-refractivity contribution < 1.29 is 9.47 Å². The van der Waals surface area contributed by atoms with Crippen molar-refractivity contribution in [1.29, 1.82) is 0 Å². The van der Waals surface area contributed by atoms with Gasteiger partial charge in [-0.3, -0.25) is 4.90 Å². The van der Waals surface area contributed by atoms with Gasteiger partial charge in [0.05, 0.1) is 13.2 Å². The fourth-order valence-electron chi connectivity index (χ4n) is 2.95. The van der Waals surface area contributed by atoms with Gasteiger partial charge in [0.15, 0.2) is 6.29 Å². The van der Waals surface area contributed by atoms with Gasteiger partial charge in [0, 0.05) is 19.5 Å². The van der Waals surface area contributed by atoms with Crippen LogP contribution in [0.3, 0.4) is 0 Å². The van der Waals surface area contributed by atoms with Crippen LogP contribution in [0, 0.1) is 0 Å². The van der Waals surface area contributed by atoms with Gasteiger partial charge >= 0.3 is 0 Å². The Morgan fingerprint density at radius 2 is 1.84 bits per heavy atom. The molecule has 19 heavy (non-hydrogen) atoms. The number of nitrogens with zero attached hydrogens (tertiary/aromatic N) is 1. The first-order valence-electron chi connectivity index (χ1n) is 7.44. The molecule has 0 atom stereocenters. The first kappa shape index (κ1) is 13.1. The number of ether oxygens (including phenoxy) is 2. The number of fused-ring (bicyclic) bond motifs is 1. The zero-order valence-corrected chi connectivity index (χ0v) is 11.5. The van der Waals surface area contributed by atoms with E-state index < -0.39 is 0 Å². The summed E-state index contributed by atoms with van der Waals surface area (Å²) in [6.07, 6.45) is 4.51. The molecule has 0 saturated carbocycles. The van der Waals surface area contributed by atoms with Crippen LogP contribution in [-0.2, 0) is 22.4 Å². The smallest absolute Gasteiger partial charge is 0.158 e. The summed E-state index contributed by atoms with van der Waals surface area (Å²) in [5, 5.41) is 0. The SMILES string of the molecule is c1ccc2c(c1)CCCN(CCC1OCCCO1)C2. The second-order valence-electron chi connectivity index (χ2n) is 5.46. The fraction of sp³-hybridized carbons (Fsp3) is 0.625. The summed E-state index contributed by atoms with van der Waals surface area (Å²) in [6, 6.07) is 8.83. The van der Waals surface area contributed by atoms with E-state index in [-0.39, 0.29) is 6.29 Å². The zero-order valence-electron chi connectivity index (χ0n) is 11.5. The van der Waals surface area contributed by atoms with Gasteiger partial charge in [-0.1, -0.05) is 24.3 Å². The van der Waals surface area contributed by atoms with Crippen molar-refractivity contribution >= 4 is 0 Å². The molecular formula is C16H23NO2. The summed E-state index contributed by atoms with van der Waals surface area (Å²) in [6.45, 7) is 5.03. The van der Waals surface area contributed by atoms with Crippen molar-refractivity contribution in [3.63, 3.8) is 0 Å². The van der Waals surface area contributed by atoms with E-state index in [2.05, 4.69) is 29.2 Å². The molecule has 2 heterocycles. The van der Waals surface area contributed by atoms with Crippen molar-refractivity contribution in [2.75, 3.05) is 26.3 Å². The number of hydrogen-bond acceptors (Lipinski definition) is 3. The number of rotatable bonds is 3. The lowest BCUT2D eigenvalue weighted by atomic mass is 10.0. The molecule has 3 nitrogen and oxygen atoms in total. The van der Waals surface area contributed by atoms with Crippen LogP contribution in [0.1, 0.15) is 30.4 Å². The quantitative estimate of drug-likeness (QED) is 0.835. The van der Waals surface area contributed by atoms with E-state index in [1.807, 2.05) is 0 Å². The Kier molecular flexibility index (Phi) is 4.49. The van der Waals surface area contributed by atoms with Crippen LogP contribution in [0.4, 0.5) is 0 Å². The summed E-state index contributed by atoms with van der Waals surface area (Å²) < 4.78 is 11.2. The molecular weight excluding hydrogens is 238 g/mol. The highest BCUT2D eigenvalue weighted by Gasteiger charge is 2.18. The number of hydrogen-bond donors (Lipinski definition) is 0. The average molecular weight is 261 g/mol. The van der Waals surface area contributed by atoms with Crippen LogP contribution in [0.5, 0.6) is 0 Å². The van der Waals surface area contributed by atoms with Crippen LogP contribution in [-0.4, -0.2) is 37.5 Å². The third kappa shape index (κ3) is 3.56. The van der Waals surface area contributed by atoms with Gasteiger partial charge in [-0.05, 0) is 36.9 Å². The molecule has 104 valence electrons. The van der Waals surface area contributed by atoms with Crippen molar-refractivity contribution in [2.45, 2.75) is 38.5 Å². The molecule has 1 saturated heterocycles. The number of benzene rings is 1. The maximum Gasteiger partial charge on any atom is 0.158 e. The molecule has 0 spiro atoms. The first-order valence-corrected chi connectivity index (χ1v) is 7.44. The standard InChI is InChI=1S/C16H23NO2/c1-2-6-15-13-17(9-3-7-14(15)5-1)10-8-16-18-11-4-12-19-16/h1-2,5-6,16H,3-4,7-13H2. The third-order valence-electron chi connectivity index (χ3n) is 4.01. The topological polar surface area (TPSA) is 21.7 Å². The molecule has 0 bridgehead atoms. The normalized spacial score (nSPS) is 21.9. The third-order valence-corrected chi connectivity index (χ3v) is 4.01. The second kappa shape index (κ2) is 6.51. The van der Waals surface area contributed by atoms with Gasteiger partial charge in [0.2, 0.25) is 0 Å². The summed E-state index contributed by atoms with van der Waals surface area (Å²) in [7, 11) is 0. The lowest BCUT2D eigenvalue weighted by Crippen LogP contribution is -2.31. The fourth-order valence-corrected chi connectivity index (χ4v) is 2.95. The predicted molar refractivity (Wildman–Crippen MR) is 75.0 cm³/mol. The molecule has 0 radical (unpaired) electrons. The summed E-state index contributed by atoms with van der Waals surface area (Å²) in [5.74, 6) is 0. The Hall–Kier alpha value is -0.900. The minimum absolute atomic E-state index is 0.0206. The molecule has 1 aromatic rings. The molecule has 3 heteroatoms. The maximum atomic E-state index is 5.62. The minimum atomic E-state index is 0.0206. The second-order valence-corrected chi connectivity index (χ2v) is 5.46. The van der Waals surface area contributed by atoms with E-state index in [1.165, 1.54) is 30.5 Å². The van der Waals surface area contributed by atoms with E-state index in [0.29, 0.717) is 0 Å². The van der Waals surface area contributed by atoms with Gasteiger partial charge in [0.25, 0.3) is 0 Å². The van der Waals surface area contributed by atoms with Crippen LogP contribution >= 0.6 is 0 Å². The molecule has 0 aliphatic carbocycles. The molecule has 0 aromatic heterocycles. The van der Waals surface area contributed by atoms with Crippen molar-refractivity contribution in [1.82, 2.24) is 4.90 Å². The van der Waals surface area contributed by atoms with Crippen molar-refractivity contribution in [3.05, 3.63) is 35.4 Å². The molecule has 2 aliphatic rings. The largest absolute Gasteiger partial charge is 0.353 e. The minimum Gasteiger partial charge on any atom is -0.353 e. The van der Waals surface area contributed by atoms with Gasteiger partial charge in [-0.15, -0.1) is 0 Å². The first-order chi connectivity index (χ1) is 9.42. The van der Waals surface area contributed by atoms with Crippen molar-refractivity contribution in [2.24, 2.45) is 0 Å². The molecule has 2 aliphatic heterocycles. The van der Waals surface area contributed by atoms with Gasteiger partial charge in [0.1, 0.15) is 0 Å². The van der Waals surface area contributed by atoms with Crippen LogP contribution < -0.4 is 0 Å². The average Bonchev–Trinajstić information content (AvgIpc) is 2.68. The maximum absolute atomic E-state index is 5.62.